The van der Waals surface area contributed by atoms with Gasteiger partial charge in [0.15, 0.2) is 0 Å². The molecule has 0 saturated carbocycles. The van der Waals surface area contributed by atoms with Crippen LogP contribution in [0.4, 0.5) is 10.1 Å². The Morgan fingerprint density at radius 2 is 2.10 bits per heavy atom. The van der Waals surface area contributed by atoms with E-state index in [-0.39, 0.29) is 25.9 Å². The van der Waals surface area contributed by atoms with Crippen molar-refractivity contribution in [1.29, 1.82) is 0 Å². The van der Waals surface area contributed by atoms with E-state index in [0.717, 1.165) is 6.07 Å². The number of sulfonamides is 1. The lowest BCUT2D eigenvalue weighted by atomic mass is 10.3. The van der Waals surface area contributed by atoms with Crippen LogP contribution in [-0.4, -0.2) is 18.2 Å². The maximum Gasteiger partial charge on any atom is 0.266 e. The Bertz CT molecular complexity index is 776. The van der Waals surface area contributed by atoms with Gasteiger partial charge in [0.1, 0.15) is 15.9 Å². The summed E-state index contributed by atoms with van der Waals surface area (Å²) < 4.78 is 41.7. The number of nitrogens with one attached hydrogen (secondary N) is 1. The van der Waals surface area contributed by atoms with Crippen molar-refractivity contribution in [2.45, 2.75) is 11.8 Å². The van der Waals surface area contributed by atoms with E-state index in [9.17, 15) is 12.8 Å². The number of aryl methyl sites for hydroxylation is 2. The van der Waals surface area contributed by atoms with Gasteiger partial charge in [0, 0.05) is 7.05 Å². The molecule has 108 valence electrons. The first-order chi connectivity index (χ1) is 9.22. The maximum atomic E-state index is 13.4. The third-order valence-corrected chi connectivity index (χ3v) is 5.26. The van der Waals surface area contributed by atoms with E-state index in [1.807, 2.05) is 0 Å². The minimum Gasteiger partial charge on any atom is -0.279 e. The van der Waals surface area contributed by atoms with Crippen LogP contribution < -0.4 is 4.72 Å². The molecule has 0 atom stereocenters. The van der Waals surface area contributed by atoms with Crippen LogP contribution in [0.1, 0.15) is 5.69 Å². The SMILES string of the molecule is Cc1nn(C)c(Cl)c1S(=O)(=O)Nc1ccc(Br)c(F)c1. The number of nitrogens with zero attached hydrogens (tertiary/aromatic N) is 2. The Hall–Kier alpha value is -1.12. The summed E-state index contributed by atoms with van der Waals surface area (Å²) in [6, 6.07) is 3.91. The van der Waals surface area contributed by atoms with Crippen molar-refractivity contribution in [3.8, 4) is 0 Å². The molecule has 0 aliphatic heterocycles. The van der Waals surface area contributed by atoms with Crippen molar-refractivity contribution in [1.82, 2.24) is 9.78 Å². The number of benzene rings is 1. The van der Waals surface area contributed by atoms with Crippen molar-refractivity contribution < 1.29 is 12.8 Å². The number of aromatic nitrogens is 2. The van der Waals surface area contributed by atoms with Gasteiger partial charge in [-0.1, -0.05) is 11.6 Å². The van der Waals surface area contributed by atoms with Crippen molar-refractivity contribution in [2.75, 3.05) is 4.72 Å². The lowest BCUT2D eigenvalue weighted by Gasteiger charge is -2.08. The normalized spacial score (nSPS) is 11.7. The van der Waals surface area contributed by atoms with Gasteiger partial charge in [-0.3, -0.25) is 9.40 Å². The molecule has 9 heteroatoms. The summed E-state index contributed by atoms with van der Waals surface area (Å²) in [7, 11) is -2.40. The van der Waals surface area contributed by atoms with Crippen LogP contribution >= 0.6 is 27.5 Å². The Balaban J connectivity index is 2.43. The zero-order chi connectivity index (χ0) is 15.1. The molecule has 20 heavy (non-hydrogen) atoms. The molecule has 0 aliphatic carbocycles. The highest BCUT2D eigenvalue weighted by Gasteiger charge is 2.25. The molecule has 1 aromatic heterocycles. The van der Waals surface area contributed by atoms with Crippen LogP contribution in [0.3, 0.4) is 0 Å². The van der Waals surface area contributed by atoms with E-state index in [0.29, 0.717) is 0 Å². The predicted octanol–water partition coefficient (Wildman–Crippen LogP) is 3.08. The molecule has 5 nitrogen and oxygen atoms in total. The summed E-state index contributed by atoms with van der Waals surface area (Å²) in [5.41, 5.74) is 0.368. The minimum absolute atomic E-state index is 0.00687. The molecule has 1 N–H and O–H groups in total. The molecule has 0 saturated heterocycles. The van der Waals surface area contributed by atoms with Gasteiger partial charge in [-0.15, -0.1) is 0 Å². The van der Waals surface area contributed by atoms with Crippen molar-refractivity contribution in [3.05, 3.63) is 39.3 Å². The summed E-state index contributed by atoms with van der Waals surface area (Å²) in [4.78, 5) is -0.120. The van der Waals surface area contributed by atoms with Gasteiger partial charge < -0.3 is 0 Å². The first-order valence-electron chi connectivity index (χ1n) is 5.39. The lowest BCUT2D eigenvalue weighted by molar-refractivity contribution is 0.600. The van der Waals surface area contributed by atoms with E-state index < -0.39 is 15.8 Å². The average molecular weight is 383 g/mol. The first-order valence-corrected chi connectivity index (χ1v) is 8.05. The van der Waals surface area contributed by atoms with Crippen molar-refractivity contribution >= 4 is 43.2 Å². The van der Waals surface area contributed by atoms with Gasteiger partial charge in [0.05, 0.1) is 15.9 Å². The van der Waals surface area contributed by atoms with E-state index in [1.165, 1.54) is 30.8 Å². The van der Waals surface area contributed by atoms with Gasteiger partial charge in [0.25, 0.3) is 10.0 Å². The van der Waals surface area contributed by atoms with E-state index in [4.69, 9.17) is 11.6 Å². The molecule has 0 radical (unpaired) electrons. The second kappa shape index (κ2) is 5.34. The zero-order valence-electron chi connectivity index (χ0n) is 10.5. The summed E-state index contributed by atoms with van der Waals surface area (Å²) >= 11 is 8.91. The van der Waals surface area contributed by atoms with Gasteiger partial charge in [-0.05, 0) is 41.1 Å². The van der Waals surface area contributed by atoms with Gasteiger partial charge in [0.2, 0.25) is 0 Å². The topological polar surface area (TPSA) is 64.0 Å². The molecule has 0 amide bonds. The average Bonchev–Trinajstić information content (AvgIpc) is 2.58. The van der Waals surface area contributed by atoms with E-state index in [1.54, 1.807) is 0 Å². The molecule has 2 rings (SSSR count). The number of hydrogen-bond donors (Lipinski definition) is 1. The predicted molar refractivity (Wildman–Crippen MR) is 77.9 cm³/mol. The second-order valence-corrected chi connectivity index (χ2v) is 6.89. The van der Waals surface area contributed by atoms with Crippen LogP contribution in [0.2, 0.25) is 5.15 Å². The van der Waals surface area contributed by atoms with E-state index >= 15 is 0 Å². The van der Waals surface area contributed by atoms with Crippen LogP contribution in [0.25, 0.3) is 0 Å². The van der Waals surface area contributed by atoms with Crippen LogP contribution in [0, 0.1) is 12.7 Å². The number of halogens is 3. The number of anilines is 1. The third-order valence-electron chi connectivity index (χ3n) is 2.54. The van der Waals surface area contributed by atoms with Crippen molar-refractivity contribution in [2.24, 2.45) is 7.05 Å². The molecule has 0 fully saturated rings. The quantitative estimate of drug-likeness (QED) is 0.887. The summed E-state index contributed by atoms with van der Waals surface area (Å²) in [5, 5.41) is 3.93. The fourth-order valence-electron chi connectivity index (χ4n) is 1.68. The third kappa shape index (κ3) is 2.82. The van der Waals surface area contributed by atoms with Crippen LogP contribution in [0.5, 0.6) is 0 Å². The Labute approximate surface area is 128 Å². The first kappa shape index (κ1) is 15.3. The fourth-order valence-corrected chi connectivity index (χ4v) is 3.73. The van der Waals surface area contributed by atoms with Crippen LogP contribution in [0.15, 0.2) is 27.6 Å². The second-order valence-electron chi connectivity index (χ2n) is 4.06. The molecule has 0 aliphatic rings. The highest BCUT2D eigenvalue weighted by molar-refractivity contribution is 9.10. The maximum absolute atomic E-state index is 13.4. The zero-order valence-corrected chi connectivity index (χ0v) is 13.6. The summed E-state index contributed by atoms with van der Waals surface area (Å²) in [6.45, 7) is 1.53. The smallest absolute Gasteiger partial charge is 0.266 e. The summed E-state index contributed by atoms with van der Waals surface area (Å²) in [5.74, 6) is -0.570. The molecule has 0 unspecified atom stereocenters. The largest absolute Gasteiger partial charge is 0.279 e. The molecule has 1 heterocycles. The molecule has 2 aromatic rings. The van der Waals surface area contributed by atoms with E-state index in [2.05, 4.69) is 25.8 Å². The molecular formula is C11H10BrClFN3O2S. The molecular weight excluding hydrogens is 373 g/mol. The Kier molecular flexibility index (Phi) is 4.08. The Morgan fingerprint density at radius 3 is 2.60 bits per heavy atom. The number of hydrogen-bond acceptors (Lipinski definition) is 3. The number of rotatable bonds is 3. The highest BCUT2D eigenvalue weighted by Crippen LogP contribution is 2.27. The minimum atomic E-state index is -3.93. The molecule has 1 aromatic carbocycles. The lowest BCUT2D eigenvalue weighted by Crippen LogP contribution is -2.14. The van der Waals surface area contributed by atoms with Crippen LogP contribution in [-0.2, 0) is 17.1 Å². The highest BCUT2D eigenvalue weighted by atomic mass is 79.9. The summed E-state index contributed by atoms with van der Waals surface area (Å²) in [6.07, 6.45) is 0. The monoisotopic (exact) mass is 381 g/mol. The standard InChI is InChI=1S/C11H10BrClFN3O2S/c1-6-10(11(13)17(2)15-6)20(18,19)16-7-3-4-8(12)9(14)5-7/h3-5,16H,1-2H3. The molecule has 0 bridgehead atoms. The van der Waals surface area contributed by atoms with Gasteiger partial charge in [-0.2, -0.15) is 5.10 Å². The fraction of sp³-hybridized carbons (Fsp3) is 0.182. The van der Waals surface area contributed by atoms with Crippen molar-refractivity contribution in [3.63, 3.8) is 0 Å². The Morgan fingerprint density at radius 1 is 1.45 bits per heavy atom. The molecule has 0 spiro atoms. The van der Waals surface area contributed by atoms with Gasteiger partial charge >= 0.3 is 0 Å². The van der Waals surface area contributed by atoms with Gasteiger partial charge in [-0.25, -0.2) is 12.8 Å².